The van der Waals surface area contributed by atoms with Crippen LogP contribution < -0.4 is 3.51 Å². The SMILES string of the molecule is Cc1cc[c]([Sb]([I])[I])cc1. The summed E-state index contributed by atoms with van der Waals surface area (Å²) >= 11 is 4.19. The zero-order chi connectivity index (χ0) is 7.56. The molecule has 0 amide bonds. The van der Waals surface area contributed by atoms with Gasteiger partial charge in [0, 0.05) is 0 Å². The molecular formula is C7H7I2Sb. The van der Waals surface area contributed by atoms with Gasteiger partial charge in [0.1, 0.15) is 0 Å². The Morgan fingerprint density at radius 1 is 1.10 bits per heavy atom. The van der Waals surface area contributed by atoms with Crippen LogP contribution in [-0.2, 0) is 0 Å². The number of aryl methyl sites for hydroxylation is 1. The average Bonchev–Trinajstić information content (AvgIpc) is 1.88. The first-order valence-electron chi connectivity index (χ1n) is 2.88. The fraction of sp³-hybridized carbons (Fsp3) is 0.143. The number of halogens is 2. The summed E-state index contributed by atoms with van der Waals surface area (Å²) in [6, 6.07) is 8.92. The van der Waals surface area contributed by atoms with Crippen LogP contribution in [-0.4, -0.2) is 12.2 Å². The molecule has 0 aliphatic heterocycles. The molecule has 0 nitrogen and oxygen atoms in total. The second-order valence-electron chi connectivity index (χ2n) is 2.07. The first-order chi connectivity index (χ1) is 4.70. The molecule has 0 aliphatic carbocycles. The van der Waals surface area contributed by atoms with Crippen LogP contribution in [0.3, 0.4) is 0 Å². The van der Waals surface area contributed by atoms with Crippen molar-refractivity contribution in [2.75, 3.05) is 0 Å². The third-order valence-electron chi connectivity index (χ3n) is 1.23. The Labute approximate surface area is 87.9 Å². The summed E-state index contributed by atoms with van der Waals surface area (Å²) in [6.45, 7) is 2.13. The van der Waals surface area contributed by atoms with E-state index in [9.17, 15) is 0 Å². The van der Waals surface area contributed by atoms with Crippen LogP contribution in [0, 0.1) is 6.92 Å². The van der Waals surface area contributed by atoms with E-state index in [1.807, 2.05) is 0 Å². The minimum absolute atomic E-state index is 0.994. The Kier molecular flexibility index (Phi) is 4.32. The van der Waals surface area contributed by atoms with Gasteiger partial charge in [0.15, 0.2) is 0 Å². The van der Waals surface area contributed by atoms with E-state index in [1.165, 1.54) is 5.56 Å². The van der Waals surface area contributed by atoms with Gasteiger partial charge in [0.2, 0.25) is 0 Å². The number of benzene rings is 1. The molecule has 0 heterocycles. The third kappa shape index (κ3) is 2.86. The van der Waals surface area contributed by atoms with Crippen molar-refractivity contribution < 1.29 is 0 Å². The molecule has 0 spiro atoms. The fourth-order valence-corrected chi connectivity index (χ4v) is 6.04. The van der Waals surface area contributed by atoms with Crippen LogP contribution in [0.15, 0.2) is 24.3 Å². The molecule has 0 bridgehead atoms. The van der Waals surface area contributed by atoms with Crippen LogP contribution >= 0.6 is 37.0 Å². The van der Waals surface area contributed by atoms with E-state index in [1.54, 1.807) is 3.51 Å². The molecule has 1 aromatic carbocycles. The van der Waals surface area contributed by atoms with Crippen molar-refractivity contribution in [2.45, 2.75) is 6.92 Å². The van der Waals surface area contributed by atoms with E-state index in [2.05, 4.69) is 68.2 Å². The summed E-state index contributed by atoms with van der Waals surface area (Å²) in [5.74, 6) is 0. The van der Waals surface area contributed by atoms with Gasteiger partial charge in [0.05, 0.1) is 0 Å². The van der Waals surface area contributed by atoms with Gasteiger partial charge in [-0.1, -0.05) is 0 Å². The summed E-state index contributed by atoms with van der Waals surface area (Å²) in [5, 5.41) is 0. The van der Waals surface area contributed by atoms with Gasteiger partial charge in [0.25, 0.3) is 0 Å². The van der Waals surface area contributed by atoms with E-state index in [0.717, 1.165) is 0 Å². The van der Waals surface area contributed by atoms with Crippen LogP contribution in [0.5, 0.6) is 0 Å². The zero-order valence-corrected chi connectivity index (χ0v) is 12.4. The van der Waals surface area contributed by atoms with E-state index in [-0.39, 0.29) is 0 Å². The minimum atomic E-state index is -0.994. The molecule has 3 heteroatoms. The first kappa shape index (κ1) is 9.59. The fourth-order valence-electron chi connectivity index (χ4n) is 0.657. The van der Waals surface area contributed by atoms with Crippen LogP contribution in [0.2, 0.25) is 0 Å². The van der Waals surface area contributed by atoms with Crippen molar-refractivity contribution in [3.8, 4) is 0 Å². The van der Waals surface area contributed by atoms with Gasteiger partial charge in [-0.2, -0.15) is 0 Å². The Hall–Kier alpha value is 1.50. The normalized spacial score (nSPS) is 10.4. The average molecular weight is 467 g/mol. The van der Waals surface area contributed by atoms with E-state index >= 15 is 0 Å². The predicted octanol–water partition coefficient (Wildman–Crippen LogP) is 2.56. The second-order valence-corrected chi connectivity index (χ2v) is 30.2. The Morgan fingerprint density at radius 3 is 2.00 bits per heavy atom. The molecule has 0 radical (unpaired) electrons. The molecular weight excluding hydrogens is 460 g/mol. The van der Waals surface area contributed by atoms with Gasteiger partial charge < -0.3 is 0 Å². The standard InChI is InChI=1S/C7H7.2HI.Sb/c1-7-5-3-2-4-6-7;;;/h3-6H,1H3;2*1H;/q;;;+2/p-2. The van der Waals surface area contributed by atoms with E-state index < -0.39 is 12.2 Å². The van der Waals surface area contributed by atoms with Crippen LogP contribution in [0.25, 0.3) is 0 Å². The van der Waals surface area contributed by atoms with Crippen LogP contribution in [0.4, 0.5) is 0 Å². The van der Waals surface area contributed by atoms with Crippen molar-refractivity contribution in [1.29, 1.82) is 0 Å². The molecule has 0 saturated carbocycles. The first-order valence-corrected chi connectivity index (χ1v) is 19.0. The molecule has 1 aromatic rings. The number of rotatable bonds is 1. The van der Waals surface area contributed by atoms with Crippen molar-refractivity contribution in [2.24, 2.45) is 0 Å². The summed E-state index contributed by atoms with van der Waals surface area (Å²) in [6.07, 6.45) is 0. The van der Waals surface area contributed by atoms with Gasteiger partial charge in [-0.25, -0.2) is 0 Å². The maximum atomic E-state index is 2.59. The Balaban J connectivity index is 2.89. The second kappa shape index (κ2) is 4.51. The molecule has 0 saturated heterocycles. The molecule has 0 aromatic heterocycles. The van der Waals surface area contributed by atoms with Gasteiger partial charge >= 0.3 is 89.4 Å². The van der Waals surface area contributed by atoms with Crippen molar-refractivity contribution in [1.82, 2.24) is 0 Å². The molecule has 1 rings (SSSR count). The van der Waals surface area contributed by atoms with Crippen molar-refractivity contribution in [3.05, 3.63) is 29.8 Å². The van der Waals surface area contributed by atoms with Gasteiger partial charge in [-0.05, 0) is 0 Å². The Morgan fingerprint density at radius 2 is 1.60 bits per heavy atom. The summed E-state index contributed by atoms with van der Waals surface area (Å²) < 4.78 is 1.58. The van der Waals surface area contributed by atoms with E-state index in [0.29, 0.717) is 0 Å². The third-order valence-corrected chi connectivity index (χ3v) is 10.7. The molecule has 0 unspecified atom stereocenters. The molecule has 10 heavy (non-hydrogen) atoms. The van der Waals surface area contributed by atoms with Crippen molar-refractivity contribution in [3.63, 3.8) is 0 Å². The van der Waals surface area contributed by atoms with E-state index in [4.69, 9.17) is 0 Å². The zero-order valence-electron chi connectivity index (χ0n) is 5.51. The van der Waals surface area contributed by atoms with Crippen LogP contribution in [0.1, 0.15) is 5.56 Å². The molecule has 0 N–H and O–H groups in total. The summed E-state index contributed by atoms with van der Waals surface area (Å²) in [7, 11) is 0. The Bertz CT molecular complexity index is 205. The molecule has 0 atom stereocenters. The molecule has 54 valence electrons. The topological polar surface area (TPSA) is 0 Å². The monoisotopic (exact) mass is 466 g/mol. The number of hydrogen-bond donors (Lipinski definition) is 0. The molecule has 0 fully saturated rings. The van der Waals surface area contributed by atoms with Crippen molar-refractivity contribution >= 4 is 52.7 Å². The van der Waals surface area contributed by atoms with Gasteiger partial charge in [-0.15, -0.1) is 0 Å². The maximum absolute atomic E-state index is 2.59. The number of hydrogen-bond acceptors (Lipinski definition) is 0. The quantitative estimate of drug-likeness (QED) is 0.441. The summed E-state index contributed by atoms with van der Waals surface area (Å²) in [4.78, 5) is 0. The molecule has 0 aliphatic rings. The predicted molar refractivity (Wildman–Crippen MR) is 64.6 cm³/mol. The summed E-state index contributed by atoms with van der Waals surface area (Å²) in [5.41, 5.74) is 1.36. The van der Waals surface area contributed by atoms with Gasteiger partial charge in [-0.3, -0.25) is 0 Å².